The van der Waals surface area contributed by atoms with E-state index in [0.717, 1.165) is 25.3 Å². The average Bonchev–Trinajstić information content (AvgIpc) is 2.35. The molecule has 0 saturated heterocycles. The van der Waals surface area contributed by atoms with Crippen LogP contribution in [0, 0.1) is 0 Å². The number of rotatable bonds is 11. The van der Waals surface area contributed by atoms with E-state index in [2.05, 4.69) is 27.6 Å². The molecule has 0 heterocycles. The van der Waals surface area contributed by atoms with Gasteiger partial charge in [0.2, 0.25) is 0 Å². The molecule has 0 rings (SSSR count). The maximum absolute atomic E-state index is 11.2. The van der Waals surface area contributed by atoms with Crippen molar-refractivity contribution in [3.63, 3.8) is 0 Å². The molecule has 0 aliphatic heterocycles. The Hall–Kier alpha value is -0.680. The first-order valence-electron chi connectivity index (χ1n) is 6.02. The highest BCUT2D eigenvalue weighted by Crippen LogP contribution is 2.43. The fourth-order valence-corrected chi connectivity index (χ4v) is 1.77. The van der Waals surface area contributed by atoms with Gasteiger partial charge in [-0.1, -0.05) is 50.3 Å². The number of carbonyl (C=O) groups excluding carboxylic acids is 1. The fraction of sp³-hybridized carbons (Fsp3) is 0.727. The van der Waals surface area contributed by atoms with Crippen LogP contribution >= 0.6 is 7.82 Å². The summed E-state index contributed by atoms with van der Waals surface area (Å²) in [5.74, 6) is -0.951. The third-order valence-electron chi connectivity index (χ3n) is 2.13. The van der Waals surface area contributed by atoms with Crippen LogP contribution < -0.4 is 0 Å². The molecule has 0 aromatic rings. The van der Waals surface area contributed by atoms with Crippen LogP contribution in [0.15, 0.2) is 12.7 Å². The monoisotopic (exact) mass is 280 g/mol. The molecule has 0 spiro atoms. The quantitative estimate of drug-likeness (QED) is 0.206. The summed E-state index contributed by atoms with van der Waals surface area (Å²) in [6.45, 7) is 5.33. The molecule has 0 fully saturated rings. The number of hydrogen-bond acceptors (Lipinski definition) is 5. The van der Waals surface area contributed by atoms with Gasteiger partial charge in [0.15, 0.2) is 0 Å². The molecule has 18 heavy (non-hydrogen) atoms. The second-order valence-electron chi connectivity index (χ2n) is 3.75. The van der Waals surface area contributed by atoms with E-state index in [-0.39, 0.29) is 6.61 Å². The number of unbranched alkanes of at least 4 members (excludes halogenated alkanes) is 5. The van der Waals surface area contributed by atoms with Crippen molar-refractivity contribution in [2.24, 2.45) is 0 Å². The third-order valence-corrected chi connectivity index (χ3v) is 2.90. The van der Waals surface area contributed by atoms with Crippen molar-refractivity contribution in [1.82, 2.24) is 0 Å². The van der Waals surface area contributed by atoms with Crippen LogP contribution in [0.5, 0.6) is 0 Å². The molecule has 1 unspecified atom stereocenters. The van der Waals surface area contributed by atoms with Crippen molar-refractivity contribution >= 4 is 13.8 Å². The van der Waals surface area contributed by atoms with Crippen LogP contribution in [0.25, 0.3) is 0 Å². The highest BCUT2D eigenvalue weighted by Gasteiger charge is 2.24. The summed E-state index contributed by atoms with van der Waals surface area (Å²) in [5, 5.41) is 0. The van der Waals surface area contributed by atoms with E-state index in [1.807, 2.05) is 0 Å². The molecule has 0 aliphatic rings. The SMILES string of the molecule is C=CC(=O)OOP(=O)(O)OCCCCCCCC. The van der Waals surface area contributed by atoms with Gasteiger partial charge in [-0.2, -0.15) is 0 Å². The lowest BCUT2D eigenvalue weighted by Gasteiger charge is -2.09. The Bertz CT molecular complexity index is 291. The van der Waals surface area contributed by atoms with E-state index in [0.29, 0.717) is 6.42 Å². The van der Waals surface area contributed by atoms with Gasteiger partial charge in [0.25, 0.3) is 0 Å². The zero-order valence-electron chi connectivity index (χ0n) is 10.7. The number of phosphoric ester groups is 1. The highest BCUT2D eigenvalue weighted by atomic mass is 31.2. The summed E-state index contributed by atoms with van der Waals surface area (Å²) in [5.41, 5.74) is 0. The van der Waals surface area contributed by atoms with Crippen molar-refractivity contribution in [2.75, 3.05) is 6.61 Å². The van der Waals surface area contributed by atoms with E-state index >= 15 is 0 Å². The minimum atomic E-state index is -4.31. The lowest BCUT2D eigenvalue weighted by Crippen LogP contribution is -2.03. The van der Waals surface area contributed by atoms with Crippen LogP contribution in [0.4, 0.5) is 0 Å². The lowest BCUT2D eigenvalue weighted by molar-refractivity contribution is -0.217. The predicted molar refractivity (Wildman–Crippen MR) is 66.5 cm³/mol. The summed E-state index contributed by atoms with van der Waals surface area (Å²) < 4.78 is 19.8. The molecule has 7 heteroatoms. The molecule has 0 radical (unpaired) electrons. The molecule has 106 valence electrons. The molecule has 0 saturated carbocycles. The summed E-state index contributed by atoms with van der Waals surface area (Å²) in [7, 11) is -4.31. The normalized spacial score (nSPS) is 13.9. The minimum absolute atomic E-state index is 0.0888. The van der Waals surface area contributed by atoms with Crippen LogP contribution in [0.2, 0.25) is 0 Å². The zero-order chi connectivity index (χ0) is 13.9. The van der Waals surface area contributed by atoms with E-state index in [1.54, 1.807) is 0 Å². The van der Waals surface area contributed by atoms with Crippen molar-refractivity contribution in [2.45, 2.75) is 45.4 Å². The molecule has 0 aliphatic carbocycles. The first kappa shape index (κ1) is 17.3. The first-order valence-corrected chi connectivity index (χ1v) is 7.51. The van der Waals surface area contributed by atoms with Gasteiger partial charge in [-0.15, -0.1) is 0 Å². The largest absolute Gasteiger partial charge is 0.508 e. The second kappa shape index (κ2) is 10.3. The molecular weight excluding hydrogens is 259 g/mol. The molecule has 0 bridgehead atoms. The van der Waals surface area contributed by atoms with E-state index in [9.17, 15) is 9.36 Å². The summed E-state index contributed by atoms with van der Waals surface area (Å²) in [6, 6.07) is 0. The Kier molecular flexibility index (Phi) is 9.87. The Morgan fingerprint density at radius 2 is 1.89 bits per heavy atom. The van der Waals surface area contributed by atoms with E-state index in [1.165, 1.54) is 12.8 Å². The van der Waals surface area contributed by atoms with Gasteiger partial charge < -0.3 is 4.89 Å². The van der Waals surface area contributed by atoms with Crippen LogP contribution in [-0.4, -0.2) is 17.5 Å². The molecular formula is C11H21O6P. The van der Waals surface area contributed by atoms with E-state index < -0.39 is 13.8 Å². The Morgan fingerprint density at radius 1 is 1.28 bits per heavy atom. The fourth-order valence-electron chi connectivity index (χ4n) is 1.20. The number of hydrogen-bond donors (Lipinski definition) is 1. The molecule has 6 nitrogen and oxygen atoms in total. The van der Waals surface area contributed by atoms with Crippen LogP contribution in [0.1, 0.15) is 45.4 Å². The smallest absolute Gasteiger partial charge is 0.300 e. The highest BCUT2D eigenvalue weighted by molar-refractivity contribution is 7.47. The van der Waals surface area contributed by atoms with E-state index in [4.69, 9.17) is 4.89 Å². The van der Waals surface area contributed by atoms with Crippen molar-refractivity contribution in [3.05, 3.63) is 12.7 Å². The average molecular weight is 280 g/mol. The lowest BCUT2D eigenvalue weighted by atomic mass is 10.1. The first-order chi connectivity index (χ1) is 8.52. The number of phosphoric acid groups is 1. The summed E-state index contributed by atoms with van der Waals surface area (Å²) in [6.07, 6.45) is 6.98. The third kappa shape index (κ3) is 10.5. The minimum Gasteiger partial charge on any atom is -0.300 e. The summed E-state index contributed by atoms with van der Waals surface area (Å²) in [4.78, 5) is 23.7. The van der Waals surface area contributed by atoms with Gasteiger partial charge in [-0.25, -0.2) is 9.36 Å². The van der Waals surface area contributed by atoms with Crippen molar-refractivity contribution in [1.29, 1.82) is 0 Å². The van der Waals surface area contributed by atoms with Gasteiger partial charge in [0, 0.05) is 6.08 Å². The van der Waals surface area contributed by atoms with Gasteiger partial charge in [-0.3, -0.25) is 9.41 Å². The standard InChI is InChI=1S/C11H21O6P/c1-3-5-6-7-8-9-10-15-18(13,14)17-16-11(12)4-2/h4H,2-3,5-10H2,1H3,(H,13,14). The van der Waals surface area contributed by atoms with Crippen LogP contribution in [0.3, 0.4) is 0 Å². The van der Waals surface area contributed by atoms with Gasteiger partial charge in [0.05, 0.1) is 6.61 Å². The Morgan fingerprint density at radius 3 is 2.50 bits per heavy atom. The summed E-state index contributed by atoms with van der Waals surface area (Å²) >= 11 is 0. The molecule has 0 aromatic heterocycles. The molecule has 1 atom stereocenters. The molecule has 0 aromatic carbocycles. The Labute approximate surface area is 107 Å². The number of carbonyl (C=O) groups is 1. The van der Waals surface area contributed by atoms with Gasteiger partial charge >= 0.3 is 13.8 Å². The molecule has 1 N–H and O–H groups in total. The van der Waals surface area contributed by atoms with Crippen molar-refractivity contribution < 1.29 is 28.3 Å². The Balaban J connectivity index is 3.55. The zero-order valence-corrected chi connectivity index (χ0v) is 11.6. The maximum atomic E-state index is 11.2. The van der Waals surface area contributed by atoms with Gasteiger partial charge in [0.1, 0.15) is 0 Å². The molecule has 0 amide bonds. The maximum Gasteiger partial charge on any atom is 0.508 e. The van der Waals surface area contributed by atoms with Crippen LogP contribution in [-0.2, 0) is 23.4 Å². The van der Waals surface area contributed by atoms with Crippen molar-refractivity contribution in [3.8, 4) is 0 Å². The second-order valence-corrected chi connectivity index (χ2v) is 5.09. The predicted octanol–water partition coefficient (Wildman–Crippen LogP) is 3.12. The topological polar surface area (TPSA) is 82.1 Å². The van der Waals surface area contributed by atoms with Gasteiger partial charge in [-0.05, 0) is 6.42 Å².